The van der Waals surface area contributed by atoms with Crippen molar-refractivity contribution in [1.82, 2.24) is 5.32 Å². The first kappa shape index (κ1) is 16.1. The summed E-state index contributed by atoms with van der Waals surface area (Å²) >= 11 is 6.23. The Bertz CT molecular complexity index is 599. The number of halogens is 1. The maximum atomic E-state index is 6.23. The molecule has 0 aliphatic carbocycles. The van der Waals surface area contributed by atoms with Crippen molar-refractivity contribution >= 4 is 11.6 Å². The quantitative estimate of drug-likeness (QED) is 0.778. The average Bonchev–Trinajstić information content (AvgIpc) is 2.50. The van der Waals surface area contributed by atoms with E-state index in [4.69, 9.17) is 11.6 Å². The van der Waals surface area contributed by atoms with Crippen LogP contribution in [0.25, 0.3) is 11.1 Å². The number of benzene rings is 2. The van der Waals surface area contributed by atoms with Crippen molar-refractivity contribution in [2.24, 2.45) is 0 Å². The van der Waals surface area contributed by atoms with Gasteiger partial charge in [0.1, 0.15) is 0 Å². The molecule has 21 heavy (non-hydrogen) atoms. The van der Waals surface area contributed by atoms with Crippen molar-refractivity contribution in [2.45, 2.75) is 39.2 Å². The van der Waals surface area contributed by atoms with E-state index in [9.17, 15) is 0 Å². The van der Waals surface area contributed by atoms with Gasteiger partial charge in [-0.1, -0.05) is 62.7 Å². The normalized spacial score (nSPS) is 11.7. The second kappa shape index (κ2) is 6.64. The van der Waals surface area contributed by atoms with Gasteiger partial charge >= 0.3 is 0 Å². The van der Waals surface area contributed by atoms with Crippen LogP contribution in [0.3, 0.4) is 0 Å². The zero-order valence-electron chi connectivity index (χ0n) is 13.3. The minimum atomic E-state index is 0.232. The Morgan fingerprint density at radius 2 is 1.62 bits per heavy atom. The molecule has 0 unspecified atom stereocenters. The molecule has 0 spiro atoms. The molecule has 0 aliphatic heterocycles. The van der Waals surface area contributed by atoms with Crippen molar-refractivity contribution < 1.29 is 0 Å². The molecule has 2 heteroatoms. The van der Waals surface area contributed by atoms with Gasteiger partial charge in [-0.15, -0.1) is 0 Å². The van der Waals surface area contributed by atoms with E-state index < -0.39 is 0 Å². The van der Waals surface area contributed by atoms with Gasteiger partial charge in [0.25, 0.3) is 0 Å². The van der Waals surface area contributed by atoms with E-state index in [1.807, 2.05) is 13.1 Å². The summed E-state index contributed by atoms with van der Waals surface area (Å²) in [7, 11) is 1.94. The largest absolute Gasteiger partial charge is 0.316 e. The van der Waals surface area contributed by atoms with Gasteiger partial charge in [0.15, 0.2) is 0 Å². The first-order valence-electron chi connectivity index (χ1n) is 7.52. The van der Waals surface area contributed by atoms with Gasteiger partial charge in [0.05, 0.1) is 0 Å². The molecule has 0 saturated heterocycles. The van der Waals surface area contributed by atoms with Crippen LogP contribution in [0.5, 0.6) is 0 Å². The molecule has 112 valence electrons. The smallest absolute Gasteiger partial charge is 0.0451 e. The molecule has 1 nitrogen and oxygen atoms in total. The maximum absolute atomic E-state index is 6.23. The molecular weight excluding hydrogens is 278 g/mol. The lowest BCUT2D eigenvalue weighted by Crippen LogP contribution is -2.14. The predicted octanol–water partition coefficient (Wildman–Crippen LogP) is 5.41. The first-order valence-corrected chi connectivity index (χ1v) is 7.89. The third-order valence-electron chi connectivity index (χ3n) is 4.30. The van der Waals surface area contributed by atoms with Crippen LogP contribution in [0, 0.1) is 0 Å². The molecule has 2 aromatic carbocycles. The molecule has 0 amide bonds. The van der Waals surface area contributed by atoms with E-state index in [0.29, 0.717) is 0 Å². The SMILES string of the molecule is CCC(C)(C)c1ccc(-c2ccc(Cl)c(CNC)c2)cc1. The molecule has 2 rings (SSSR count). The van der Waals surface area contributed by atoms with E-state index in [2.05, 4.69) is 62.5 Å². The van der Waals surface area contributed by atoms with Crippen LogP contribution < -0.4 is 5.32 Å². The lowest BCUT2D eigenvalue weighted by Gasteiger charge is -2.23. The van der Waals surface area contributed by atoms with Crippen LogP contribution in [0.15, 0.2) is 42.5 Å². The second-order valence-electron chi connectivity index (χ2n) is 6.15. The lowest BCUT2D eigenvalue weighted by atomic mass is 9.82. The zero-order valence-corrected chi connectivity index (χ0v) is 14.1. The highest BCUT2D eigenvalue weighted by molar-refractivity contribution is 6.31. The van der Waals surface area contributed by atoms with Gasteiger partial charge in [-0.05, 0) is 53.3 Å². The Labute approximate surface area is 133 Å². The van der Waals surface area contributed by atoms with E-state index in [1.165, 1.54) is 16.7 Å². The molecular formula is C19H24ClN. The Morgan fingerprint density at radius 3 is 2.19 bits per heavy atom. The Hall–Kier alpha value is -1.31. The zero-order chi connectivity index (χ0) is 15.5. The molecule has 0 radical (unpaired) electrons. The van der Waals surface area contributed by atoms with Crippen LogP contribution in [0.4, 0.5) is 0 Å². The van der Waals surface area contributed by atoms with Gasteiger partial charge < -0.3 is 5.32 Å². The lowest BCUT2D eigenvalue weighted by molar-refractivity contribution is 0.506. The van der Waals surface area contributed by atoms with Crippen LogP contribution in [-0.2, 0) is 12.0 Å². The van der Waals surface area contributed by atoms with E-state index in [-0.39, 0.29) is 5.41 Å². The molecule has 2 aromatic rings. The van der Waals surface area contributed by atoms with Crippen molar-refractivity contribution in [3.05, 3.63) is 58.6 Å². The van der Waals surface area contributed by atoms with E-state index >= 15 is 0 Å². The molecule has 1 N–H and O–H groups in total. The van der Waals surface area contributed by atoms with Gasteiger partial charge in [0.2, 0.25) is 0 Å². The summed E-state index contributed by atoms with van der Waals surface area (Å²) in [6.45, 7) is 7.59. The molecule has 0 aromatic heterocycles. The third-order valence-corrected chi connectivity index (χ3v) is 4.67. The minimum absolute atomic E-state index is 0.232. The number of rotatable bonds is 5. The second-order valence-corrected chi connectivity index (χ2v) is 6.56. The van der Waals surface area contributed by atoms with Crippen LogP contribution in [0.1, 0.15) is 38.3 Å². The highest BCUT2D eigenvalue weighted by Crippen LogP contribution is 2.30. The van der Waals surface area contributed by atoms with Gasteiger partial charge in [-0.3, -0.25) is 0 Å². The molecule has 0 atom stereocenters. The molecule has 0 heterocycles. The maximum Gasteiger partial charge on any atom is 0.0451 e. The molecule has 0 fully saturated rings. The van der Waals surface area contributed by atoms with Crippen molar-refractivity contribution in [1.29, 1.82) is 0 Å². The Balaban J connectivity index is 2.33. The predicted molar refractivity (Wildman–Crippen MR) is 93.0 cm³/mol. The Kier molecular flexibility index (Phi) is 5.08. The summed E-state index contributed by atoms with van der Waals surface area (Å²) in [5, 5.41) is 3.97. The third kappa shape index (κ3) is 3.66. The summed E-state index contributed by atoms with van der Waals surface area (Å²) in [5.74, 6) is 0. The summed E-state index contributed by atoms with van der Waals surface area (Å²) in [6.07, 6.45) is 1.14. The molecule has 0 saturated carbocycles. The Morgan fingerprint density at radius 1 is 1.00 bits per heavy atom. The van der Waals surface area contributed by atoms with Crippen molar-refractivity contribution in [2.75, 3.05) is 7.05 Å². The highest BCUT2D eigenvalue weighted by Gasteiger charge is 2.17. The monoisotopic (exact) mass is 301 g/mol. The van der Waals surface area contributed by atoms with Gasteiger partial charge in [-0.2, -0.15) is 0 Å². The van der Waals surface area contributed by atoms with E-state index in [0.717, 1.165) is 23.6 Å². The van der Waals surface area contributed by atoms with Gasteiger partial charge in [0, 0.05) is 11.6 Å². The van der Waals surface area contributed by atoms with Crippen LogP contribution >= 0.6 is 11.6 Å². The summed E-state index contributed by atoms with van der Waals surface area (Å²) < 4.78 is 0. The van der Waals surface area contributed by atoms with Crippen molar-refractivity contribution in [3.63, 3.8) is 0 Å². The fourth-order valence-corrected chi connectivity index (χ4v) is 2.58. The number of nitrogens with one attached hydrogen (secondary N) is 1. The molecule has 0 aliphatic rings. The van der Waals surface area contributed by atoms with Gasteiger partial charge in [-0.25, -0.2) is 0 Å². The first-order chi connectivity index (χ1) is 9.97. The summed E-state index contributed by atoms with van der Waals surface area (Å²) in [6, 6.07) is 15.1. The number of hydrogen-bond donors (Lipinski definition) is 1. The standard InChI is InChI=1S/C19H24ClN/c1-5-19(2,3)17-9-6-14(7-10-17)15-8-11-18(20)16(12-15)13-21-4/h6-12,21H,5,13H2,1-4H3. The molecule has 0 bridgehead atoms. The minimum Gasteiger partial charge on any atom is -0.316 e. The van der Waals surface area contributed by atoms with Crippen LogP contribution in [0.2, 0.25) is 5.02 Å². The van der Waals surface area contributed by atoms with E-state index in [1.54, 1.807) is 0 Å². The highest BCUT2D eigenvalue weighted by atomic mass is 35.5. The fraction of sp³-hybridized carbons (Fsp3) is 0.368. The summed E-state index contributed by atoms with van der Waals surface area (Å²) in [4.78, 5) is 0. The van der Waals surface area contributed by atoms with Crippen LogP contribution in [-0.4, -0.2) is 7.05 Å². The summed E-state index contributed by atoms with van der Waals surface area (Å²) in [5.41, 5.74) is 5.20. The topological polar surface area (TPSA) is 12.0 Å². The average molecular weight is 302 g/mol. The number of hydrogen-bond acceptors (Lipinski definition) is 1. The van der Waals surface area contributed by atoms with Crippen molar-refractivity contribution in [3.8, 4) is 11.1 Å². The fourth-order valence-electron chi connectivity index (χ4n) is 2.40.